The molecule has 0 unspecified atom stereocenters. The highest BCUT2D eigenvalue weighted by atomic mass is 32.2. The molecule has 0 spiro atoms. The summed E-state index contributed by atoms with van der Waals surface area (Å²) in [6, 6.07) is 0. The maximum Gasteiger partial charge on any atom is 0.294 e. The summed E-state index contributed by atoms with van der Waals surface area (Å²) in [6.07, 6.45) is 0. The van der Waals surface area contributed by atoms with Gasteiger partial charge in [0.05, 0.1) is 5.69 Å². The fourth-order valence-corrected chi connectivity index (χ4v) is 3.38. The monoisotopic (exact) mass is 287 g/mol. The molecule has 0 saturated carbocycles. The molecule has 0 atom stereocenters. The number of hydrazine groups is 1. The summed E-state index contributed by atoms with van der Waals surface area (Å²) in [5, 5.41) is 2.21. The zero-order chi connectivity index (χ0) is 12.3. The number of rotatable bonds is 4. The van der Waals surface area contributed by atoms with Gasteiger partial charge in [-0.15, -0.1) is 11.3 Å². The first-order chi connectivity index (χ1) is 8.19. The van der Waals surface area contributed by atoms with E-state index in [1.165, 1.54) is 22.9 Å². The number of thiazole rings is 1. The van der Waals surface area contributed by atoms with E-state index in [2.05, 4.69) is 19.8 Å². The van der Waals surface area contributed by atoms with E-state index in [-0.39, 0.29) is 5.91 Å². The van der Waals surface area contributed by atoms with Crippen LogP contribution in [0.15, 0.2) is 9.72 Å². The van der Waals surface area contributed by atoms with Gasteiger partial charge < -0.3 is 0 Å². The Morgan fingerprint density at radius 2 is 2.41 bits per heavy atom. The van der Waals surface area contributed by atoms with Crippen molar-refractivity contribution in [2.75, 3.05) is 0 Å². The van der Waals surface area contributed by atoms with Crippen molar-refractivity contribution in [2.45, 2.75) is 17.0 Å². The normalized spacial score (nSPS) is 10.5. The van der Waals surface area contributed by atoms with Crippen molar-refractivity contribution in [2.24, 2.45) is 5.84 Å². The molecule has 9 heteroatoms. The number of aromatic nitrogens is 3. The zero-order valence-corrected chi connectivity index (χ0v) is 11.3. The van der Waals surface area contributed by atoms with Gasteiger partial charge in [0, 0.05) is 11.1 Å². The van der Waals surface area contributed by atoms with Gasteiger partial charge in [-0.3, -0.25) is 10.2 Å². The fourth-order valence-electron chi connectivity index (χ4n) is 1.01. The van der Waals surface area contributed by atoms with Crippen molar-refractivity contribution in [1.29, 1.82) is 0 Å². The van der Waals surface area contributed by atoms with E-state index in [0.717, 1.165) is 15.9 Å². The van der Waals surface area contributed by atoms with Gasteiger partial charge >= 0.3 is 0 Å². The molecule has 0 bridgehead atoms. The fraction of sp³-hybridized carbons (Fsp3) is 0.250. The van der Waals surface area contributed by atoms with Crippen LogP contribution in [0.4, 0.5) is 0 Å². The van der Waals surface area contributed by atoms with Crippen molar-refractivity contribution in [3.63, 3.8) is 0 Å². The van der Waals surface area contributed by atoms with Crippen LogP contribution < -0.4 is 11.3 Å². The van der Waals surface area contributed by atoms with E-state index in [1.807, 2.05) is 12.3 Å². The molecular formula is C8H9N5OS3. The van der Waals surface area contributed by atoms with Crippen LogP contribution in [0.3, 0.4) is 0 Å². The Morgan fingerprint density at radius 3 is 3.06 bits per heavy atom. The molecular weight excluding hydrogens is 278 g/mol. The molecule has 90 valence electrons. The largest absolute Gasteiger partial charge is 0.294 e. The van der Waals surface area contributed by atoms with E-state index >= 15 is 0 Å². The third-order valence-electron chi connectivity index (χ3n) is 1.73. The average Bonchev–Trinajstić information content (AvgIpc) is 2.94. The number of amides is 1. The Hall–Kier alpha value is -1.03. The van der Waals surface area contributed by atoms with Crippen LogP contribution in [0.25, 0.3) is 0 Å². The topological polar surface area (TPSA) is 93.8 Å². The third-order valence-corrected chi connectivity index (χ3v) is 4.58. The number of nitrogens with zero attached hydrogens (tertiary/aromatic N) is 3. The lowest BCUT2D eigenvalue weighted by atomic mass is 10.5. The molecule has 0 radical (unpaired) electrons. The van der Waals surface area contributed by atoms with E-state index in [1.54, 1.807) is 11.8 Å². The second-order valence-electron chi connectivity index (χ2n) is 3.01. The molecule has 0 aliphatic carbocycles. The van der Waals surface area contributed by atoms with Crippen LogP contribution in [0.1, 0.15) is 21.3 Å². The lowest BCUT2D eigenvalue weighted by Crippen LogP contribution is -2.29. The van der Waals surface area contributed by atoms with E-state index < -0.39 is 0 Å². The molecule has 3 N–H and O–H groups in total. The number of thioether (sulfide) groups is 1. The van der Waals surface area contributed by atoms with E-state index in [9.17, 15) is 4.79 Å². The number of aryl methyl sites for hydroxylation is 1. The van der Waals surface area contributed by atoms with Crippen LogP contribution in [-0.2, 0) is 5.75 Å². The van der Waals surface area contributed by atoms with Gasteiger partial charge in [0.1, 0.15) is 5.82 Å². The van der Waals surface area contributed by atoms with Crippen molar-refractivity contribution in [3.05, 3.63) is 21.9 Å². The molecule has 17 heavy (non-hydrogen) atoms. The lowest BCUT2D eigenvalue weighted by Gasteiger charge is -1.93. The molecule has 0 aromatic carbocycles. The first kappa shape index (κ1) is 12.4. The molecule has 2 heterocycles. The smallest absolute Gasteiger partial charge is 0.288 e. The highest BCUT2D eigenvalue weighted by Crippen LogP contribution is 2.24. The molecule has 2 aromatic heterocycles. The summed E-state index contributed by atoms with van der Waals surface area (Å²) in [6.45, 7) is 1.85. The molecule has 2 rings (SSSR count). The summed E-state index contributed by atoms with van der Waals surface area (Å²) in [4.78, 5) is 19.6. The molecule has 6 nitrogen and oxygen atoms in total. The molecule has 0 aliphatic rings. The maximum absolute atomic E-state index is 11.2. The van der Waals surface area contributed by atoms with E-state index in [4.69, 9.17) is 5.84 Å². The number of hydrogen-bond acceptors (Lipinski definition) is 8. The number of hydrogen-bond donors (Lipinski definition) is 2. The van der Waals surface area contributed by atoms with Gasteiger partial charge in [-0.25, -0.2) is 15.8 Å². The second-order valence-corrected chi connectivity index (χ2v) is 5.85. The summed E-state index contributed by atoms with van der Waals surface area (Å²) < 4.78 is 4.99. The van der Waals surface area contributed by atoms with Crippen LogP contribution >= 0.6 is 34.6 Å². The SMILES string of the molecule is Cc1nsc(SCc2csc(C(=O)NN)n2)n1. The van der Waals surface area contributed by atoms with Gasteiger partial charge in [0.25, 0.3) is 5.91 Å². The van der Waals surface area contributed by atoms with Crippen LogP contribution in [0.5, 0.6) is 0 Å². The van der Waals surface area contributed by atoms with Gasteiger partial charge in [0.2, 0.25) is 0 Å². The maximum atomic E-state index is 11.2. The van der Waals surface area contributed by atoms with Crippen LogP contribution in [0, 0.1) is 6.92 Å². The minimum absolute atomic E-state index is 0.363. The summed E-state index contributed by atoms with van der Waals surface area (Å²) in [5.41, 5.74) is 2.89. The lowest BCUT2D eigenvalue weighted by molar-refractivity contribution is 0.0953. The minimum Gasteiger partial charge on any atom is -0.288 e. The van der Waals surface area contributed by atoms with Crippen molar-refractivity contribution in [1.82, 2.24) is 19.8 Å². The standard InChI is InChI=1S/C8H9N5OS3/c1-4-10-8(17-13-4)16-3-5-2-15-7(11-5)6(14)12-9/h2H,3,9H2,1H3,(H,12,14). The van der Waals surface area contributed by atoms with Gasteiger partial charge in [-0.2, -0.15) is 4.37 Å². The molecule has 0 aliphatic heterocycles. The number of nitrogen functional groups attached to an aromatic ring is 1. The quantitative estimate of drug-likeness (QED) is 0.380. The molecule has 0 fully saturated rings. The predicted octanol–water partition coefficient (Wildman–Crippen LogP) is 1.20. The van der Waals surface area contributed by atoms with E-state index in [0.29, 0.717) is 10.8 Å². The highest BCUT2D eigenvalue weighted by Gasteiger charge is 2.10. The molecule has 2 aromatic rings. The highest BCUT2D eigenvalue weighted by molar-refractivity contribution is 8.00. The second kappa shape index (κ2) is 5.54. The Bertz CT molecular complexity index is 523. The number of nitrogens with one attached hydrogen (secondary N) is 1. The Labute approximate surface area is 110 Å². The zero-order valence-electron chi connectivity index (χ0n) is 8.84. The van der Waals surface area contributed by atoms with Crippen LogP contribution in [0.2, 0.25) is 0 Å². The van der Waals surface area contributed by atoms with Gasteiger partial charge in [0.15, 0.2) is 9.35 Å². The average molecular weight is 287 g/mol. The molecule has 1 amide bonds. The van der Waals surface area contributed by atoms with Gasteiger partial charge in [-0.05, 0) is 18.5 Å². The summed E-state index contributed by atoms with van der Waals surface area (Å²) in [5.74, 6) is 6.11. The number of carbonyl (C=O) groups excluding carboxylic acids is 1. The third kappa shape index (κ3) is 3.22. The van der Waals surface area contributed by atoms with Crippen molar-refractivity contribution < 1.29 is 4.79 Å². The Kier molecular flexibility index (Phi) is 4.05. The number of nitrogens with two attached hydrogens (primary N) is 1. The van der Waals surface area contributed by atoms with Crippen LogP contribution in [-0.4, -0.2) is 20.2 Å². The first-order valence-electron chi connectivity index (χ1n) is 4.57. The summed E-state index contributed by atoms with van der Waals surface area (Å²) in [7, 11) is 0. The Morgan fingerprint density at radius 1 is 1.59 bits per heavy atom. The minimum atomic E-state index is -0.363. The van der Waals surface area contributed by atoms with Gasteiger partial charge in [-0.1, -0.05) is 11.8 Å². The first-order valence-corrected chi connectivity index (χ1v) is 7.21. The Balaban J connectivity index is 1.95. The van der Waals surface area contributed by atoms with Crippen molar-refractivity contribution in [3.8, 4) is 0 Å². The number of carbonyl (C=O) groups is 1. The summed E-state index contributed by atoms with van der Waals surface area (Å²) >= 11 is 4.19. The predicted molar refractivity (Wildman–Crippen MR) is 68.0 cm³/mol. The molecule has 0 saturated heterocycles. The van der Waals surface area contributed by atoms with Crippen molar-refractivity contribution >= 4 is 40.5 Å².